The first-order valence-corrected chi connectivity index (χ1v) is 27.0. The van der Waals surface area contributed by atoms with Crippen molar-refractivity contribution in [3.8, 4) is 34.5 Å². The third-order valence-corrected chi connectivity index (χ3v) is 13.0. The maximum atomic E-state index is 13.0. The highest BCUT2D eigenvalue weighted by molar-refractivity contribution is 9.10. The van der Waals surface area contributed by atoms with Crippen LogP contribution in [0.4, 0.5) is 43.8 Å². The molecular formula is C60H55BrF6N12O8. The van der Waals surface area contributed by atoms with Crippen molar-refractivity contribution in [2.24, 2.45) is 5.73 Å². The van der Waals surface area contributed by atoms with Crippen molar-refractivity contribution < 1.29 is 64.4 Å². The van der Waals surface area contributed by atoms with Gasteiger partial charge in [0.05, 0.1) is 57.0 Å². The molecule has 20 nitrogen and oxygen atoms in total. The van der Waals surface area contributed by atoms with Crippen LogP contribution in [0.2, 0.25) is 0 Å². The Morgan fingerprint density at radius 3 is 1.36 bits per heavy atom. The molecule has 0 aliphatic carbocycles. The van der Waals surface area contributed by atoms with Crippen molar-refractivity contribution in [2.45, 2.75) is 25.4 Å². The summed E-state index contributed by atoms with van der Waals surface area (Å²) >= 11 is 3.50. The number of ether oxygens (including phenoxy) is 6. The van der Waals surface area contributed by atoms with Crippen LogP contribution in [0.25, 0.3) is 22.1 Å². The molecule has 0 aliphatic heterocycles. The first-order valence-electron chi connectivity index (χ1n) is 26.2. The Kier molecular flexibility index (Phi) is 21.4. The lowest BCUT2D eigenvalue weighted by Gasteiger charge is -2.10. The Labute approximate surface area is 501 Å². The molecule has 5 N–H and O–H groups in total. The number of carbonyl (C=O) groups is 2. The minimum absolute atomic E-state index is 0.203. The van der Waals surface area contributed by atoms with Gasteiger partial charge in [-0.05, 0) is 124 Å². The van der Waals surface area contributed by atoms with Crippen LogP contribution >= 0.6 is 15.9 Å². The zero-order valence-corrected chi connectivity index (χ0v) is 48.4. The summed E-state index contributed by atoms with van der Waals surface area (Å²) < 4.78 is 114. The van der Waals surface area contributed by atoms with Crippen molar-refractivity contribution in [1.82, 2.24) is 39.5 Å². The van der Waals surface area contributed by atoms with Gasteiger partial charge in [0.1, 0.15) is 56.1 Å². The number of fused-ring (bicyclic) bond motifs is 2. The molecule has 6 aromatic heterocycles. The molecule has 10 aromatic rings. The number of alkyl halides is 6. The van der Waals surface area contributed by atoms with E-state index in [2.05, 4.69) is 61.7 Å². The van der Waals surface area contributed by atoms with Crippen LogP contribution in [0.15, 0.2) is 163 Å². The molecule has 27 heteroatoms. The molecule has 0 saturated heterocycles. The smallest absolute Gasteiger partial charge is 0.416 e. The Morgan fingerprint density at radius 1 is 0.529 bits per heavy atom. The van der Waals surface area contributed by atoms with Gasteiger partial charge in [0, 0.05) is 75.4 Å². The lowest BCUT2D eigenvalue weighted by atomic mass is 10.2. The number of carbonyl (C=O) groups excluding carboxylic acids is 2. The molecule has 452 valence electrons. The standard InChI is InChI=1S/C30H27F3N6O4.C27H19BrF3N5O3.C3H9NO/c1-41-16-15-35-27-26-24(12-14-36-28(26)39(38-27)18-19-3-7-22(42-2)8-4-19)43-23-9-5-20(6-10-23)29(40)37-25-17-21(11-13-34-25)30(31,32)33;1-38-19-6-2-16(3-7-19)15-36-25-23(24(28)35-36)21(11-13-33-25)39-20-8-4-17(5-9-20)26(37)34-22-14-18(10-12-32-22)27(29,30)31;1-5-3-2-4/h3-14,17H,15-16,18H2,1-2H3,(H,35,38)(H,34,37,40);2-14H,15H2,1H3,(H,32,34,37);2-4H2,1H3. The maximum Gasteiger partial charge on any atom is 0.416 e. The fourth-order valence-corrected chi connectivity index (χ4v) is 8.70. The lowest BCUT2D eigenvalue weighted by molar-refractivity contribution is -0.138. The van der Waals surface area contributed by atoms with Gasteiger partial charge < -0.3 is 50.1 Å². The Hall–Kier alpha value is -9.70. The van der Waals surface area contributed by atoms with Crippen molar-refractivity contribution in [3.63, 3.8) is 0 Å². The van der Waals surface area contributed by atoms with Gasteiger partial charge in [-0.2, -0.15) is 36.5 Å². The molecule has 0 spiro atoms. The van der Waals surface area contributed by atoms with E-state index in [-0.39, 0.29) is 22.8 Å². The van der Waals surface area contributed by atoms with Crippen LogP contribution in [0.3, 0.4) is 0 Å². The summed E-state index contributed by atoms with van der Waals surface area (Å²) in [7, 11) is 6.46. The highest BCUT2D eigenvalue weighted by atomic mass is 79.9. The number of methoxy groups -OCH3 is 4. The van der Waals surface area contributed by atoms with Gasteiger partial charge in [-0.1, -0.05) is 24.3 Å². The van der Waals surface area contributed by atoms with Crippen LogP contribution < -0.4 is 40.6 Å². The molecule has 0 bridgehead atoms. The molecule has 0 atom stereocenters. The number of hydrogen-bond acceptors (Lipinski definition) is 16. The lowest BCUT2D eigenvalue weighted by Crippen LogP contribution is -2.14. The summed E-state index contributed by atoms with van der Waals surface area (Å²) in [6.07, 6.45) is -3.89. The average Bonchev–Trinajstić information content (AvgIpc) is 1.86. The zero-order chi connectivity index (χ0) is 62.1. The number of benzene rings is 4. The predicted molar refractivity (Wildman–Crippen MR) is 316 cm³/mol. The van der Waals surface area contributed by atoms with E-state index in [4.69, 9.17) is 34.5 Å². The van der Waals surface area contributed by atoms with Gasteiger partial charge in [-0.25, -0.2) is 29.3 Å². The summed E-state index contributed by atoms with van der Waals surface area (Å²) in [5, 5.41) is 18.7. The fourth-order valence-electron chi connectivity index (χ4n) is 8.14. The Balaban J connectivity index is 0.000000210. The van der Waals surface area contributed by atoms with Crippen LogP contribution in [-0.2, 0) is 34.9 Å². The quantitative estimate of drug-likeness (QED) is 0.0410. The number of nitrogens with zero attached hydrogens (tertiary/aromatic N) is 8. The van der Waals surface area contributed by atoms with Crippen LogP contribution in [0.1, 0.15) is 43.0 Å². The van der Waals surface area contributed by atoms with Gasteiger partial charge in [0.25, 0.3) is 11.8 Å². The number of halogens is 7. The second kappa shape index (κ2) is 29.4. The van der Waals surface area contributed by atoms with Crippen molar-refractivity contribution in [1.29, 1.82) is 0 Å². The average molecular weight is 1270 g/mol. The van der Waals surface area contributed by atoms with E-state index in [9.17, 15) is 35.9 Å². The highest BCUT2D eigenvalue weighted by Crippen LogP contribution is 2.37. The minimum Gasteiger partial charge on any atom is -0.497 e. The first kappa shape index (κ1) is 63.3. The monoisotopic (exact) mass is 1260 g/mol. The molecule has 0 saturated carbocycles. The zero-order valence-electron chi connectivity index (χ0n) is 46.8. The molecule has 2 amide bonds. The molecule has 0 unspecified atom stereocenters. The van der Waals surface area contributed by atoms with Crippen molar-refractivity contribution in [2.75, 3.05) is 70.7 Å². The molecule has 4 aromatic carbocycles. The third kappa shape index (κ3) is 17.0. The summed E-state index contributed by atoms with van der Waals surface area (Å²) in [6.45, 7) is 3.18. The largest absolute Gasteiger partial charge is 0.497 e. The molecular weight excluding hydrogens is 1210 g/mol. The van der Waals surface area contributed by atoms with Gasteiger partial charge in [-0.15, -0.1) is 0 Å². The van der Waals surface area contributed by atoms with Crippen LogP contribution in [0, 0.1) is 0 Å². The van der Waals surface area contributed by atoms with Gasteiger partial charge in [0.2, 0.25) is 0 Å². The van der Waals surface area contributed by atoms with Crippen molar-refractivity contribution >= 4 is 67.3 Å². The molecule has 0 fully saturated rings. The minimum atomic E-state index is -4.55. The topological polar surface area (TPSA) is 239 Å². The SMILES string of the molecule is COCCN.COCCNc1nn(Cc2ccc(OC)cc2)c2nccc(Oc3ccc(C(=O)Nc4cc(C(F)(F)F)ccn4)cc3)c12.COc1ccc(Cn2nc(Br)c3c(Oc4ccc(C(=O)Nc5cc(C(F)(F)F)ccn5)cc4)ccnc32)cc1. The Morgan fingerprint density at radius 2 is 0.943 bits per heavy atom. The summed E-state index contributed by atoms with van der Waals surface area (Å²) in [5.41, 5.74) is 6.84. The molecule has 87 heavy (non-hydrogen) atoms. The third-order valence-electron chi connectivity index (χ3n) is 12.4. The fraction of sp³-hybridized carbons (Fsp3) is 0.200. The highest BCUT2D eigenvalue weighted by Gasteiger charge is 2.32. The van der Waals surface area contributed by atoms with E-state index in [0.717, 1.165) is 59.3 Å². The molecule has 0 aliphatic rings. The van der Waals surface area contributed by atoms with E-state index < -0.39 is 35.3 Å². The van der Waals surface area contributed by atoms with E-state index in [1.165, 1.54) is 24.3 Å². The first-order chi connectivity index (χ1) is 41.9. The molecule has 6 heterocycles. The number of amides is 2. The number of pyridine rings is 4. The van der Waals surface area contributed by atoms with E-state index in [1.54, 1.807) is 86.6 Å². The Bertz CT molecular complexity index is 3910. The van der Waals surface area contributed by atoms with Crippen LogP contribution in [0.5, 0.6) is 34.5 Å². The van der Waals surface area contributed by atoms with Crippen LogP contribution in [-0.4, -0.2) is 106 Å². The maximum absolute atomic E-state index is 13.0. The number of nitrogens with one attached hydrogen (secondary N) is 3. The number of anilines is 3. The summed E-state index contributed by atoms with van der Waals surface area (Å²) in [6, 6.07) is 34.2. The van der Waals surface area contributed by atoms with Gasteiger partial charge in [0.15, 0.2) is 17.1 Å². The number of aromatic nitrogens is 8. The normalized spacial score (nSPS) is 11.2. The molecule has 10 rings (SSSR count). The summed E-state index contributed by atoms with van der Waals surface area (Å²) in [5.74, 6) is 2.28. The van der Waals surface area contributed by atoms with E-state index in [1.807, 2.05) is 48.5 Å². The van der Waals surface area contributed by atoms with Gasteiger partial charge in [-0.3, -0.25) is 9.59 Å². The van der Waals surface area contributed by atoms with Gasteiger partial charge >= 0.3 is 12.4 Å². The van der Waals surface area contributed by atoms with E-state index in [0.29, 0.717) is 94.9 Å². The predicted octanol–water partition coefficient (Wildman–Crippen LogP) is 12.3. The van der Waals surface area contributed by atoms with Crippen molar-refractivity contribution in [3.05, 3.63) is 196 Å². The number of hydrogen-bond donors (Lipinski definition) is 4. The second-order valence-corrected chi connectivity index (χ2v) is 19.1. The van der Waals surface area contributed by atoms with E-state index >= 15 is 0 Å². The number of nitrogens with two attached hydrogens (primary N) is 1. The molecule has 0 radical (unpaired) electrons. The summed E-state index contributed by atoms with van der Waals surface area (Å²) in [4.78, 5) is 41.8. The second-order valence-electron chi connectivity index (χ2n) is 18.4. The number of rotatable bonds is 20.